The Bertz CT molecular complexity index is 408. The van der Waals surface area contributed by atoms with E-state index < -0.39 is 0 Å². The van der Waals surface area contributed by atoms with Gasteiger partial charge in [0.2, 0.25) is 0 Å². The molecule has 6 heteroatoms. The van der Waals surface area contributed by atoms with E-state index >= 15 is 0 Å². The van der Waals surface area contributed by atoms with E-state index in [0.29, 0.717) is 12.5 Å². The smallest absolute Gasteiger partial charge is 0.191 e. The average Bonchev–Trinajstić information content (AvgIpc) is 2.38. The summed E-state index contributed by atoms with van der Waals surface area (Å²) < 4.78 is 6.34. The number of nitrogens with two attached hydrogens (primary N) is 1. The number of halogens is 2. The highest BCUT2D eigenvalue weighted by atomic mass is 127. The Morgan fingerprint density at radius 2 is 2.00 bits per heavy atom. The van der Waals surface area contributed by atoms with E-state index in [1.165, 1.54) is 0 Å². The number of aliphatic imine (C=N–C) groups is 1. The first-order chi connectivity index (χ1) is 8.27. The summed E-state index contributed by atoms with van der Waals surface area (Å²) in [5, 5.41) is 0. The molecule has 0 spiro atoms. The zero-order chi connectivity index (χ0) is 12.1. The maximum absolute atomic E-state index is 5.95. The number of benzene rings is 1. The Labute approximate surface area is 133 Å². The molecule has 1 aliphatic rings. The number of guanidine groups is 1. The fourth-order valence-corrected chi connectivity index (χ4v) is 2.10. The first-order valence-corrected chi connectivity index (χ1v) is 6.42. The van der Waals surface area contributed by atoms with Gasteiger partial charge in [-0.05, 0) is 11.6 Å². The number of ether oxygens (including phenoxy) is 1. The SMILES string of the molecule is I.NC(=NCc1ccccc1Br)N1CCOCC1. The molecule has 1 aromatic rings. The maximum Gasteiger partial charge on any atom is 0.191 e. The van der Waals surface area contributed by atoms with E-state index in [9.17, 15) is 0 Å². The van der Waals surface area contributed by atoms with Crippen LogP contribution in [0.25, 0.3) is 0 Å². The van der Waals surface area contributed by atoms with Crippen molar-refractivity contribution in [1.82, 2.24) is 4.90 Å². The molecule has 1 fully saturated rings. The number of nitrogens with zero attached hydrogens (tertiary/aromatic N) is 2. The van der Waals surface area contributed by atoms with Crippen molar-refractivity contribution in [2.75, 3.05) is 26.3 Å². The number of morpholine rings is 1. The van der Waals surface area contributed by atoms with Crippen molar-refractivity contribution in [2.24, 2.45) is 10.7 Å². The lowest BCUT2D eigenvalue weighted by molar-refractivity contribution is 0.0674. The van der Waals surface area contributed by atoms with Crippen molar-refractivity contribution < 1.29 is 4.74 Å². The molecular weight excluding hydrogens is 409 g/mol. The van der Waals surface area contributed by atoms with Gasteiger partial charge in [-0.2, -0.15) is 0 Å². The minimum Gasteiger partial charge on any atom is -0.378 e. The van der Waals surface area contributed by atoms with Crippen molar-refractivity contribution in [3.05, 3.63) is 34.3 Å². The first-order valence-electron chi connectivity index (χ1n) is 5.63. The molecule has 100 valence electrons. The van der Waals surface area contributed by atoms with Crippen LogP contribution >= 0.6 is 39.9 Å². The second kappa shape index (κ2) is 7.96. The van der Waals surface area contributed by atoms with Gasteiger partial charge in [-0.15, -0.1) is 24.0 Å². The summed E-state index contributed by atoms with van der Waals surface area (Å²) in [5.74, 6) is 0.601. The molecule has 0 atom stereocenters. The van der Waals surface area contributed by atoms with Crippen LogP contribution in [0.15, 0.2) is 33.7 Å². The van der Waals surface area contributed by atoms with E-state index in [2.05, 4.69) is 25.8 Å². The van der Waals surface area contributed by atoms with E-state index in [0.717, 1.165) is 36.3 Å². The highest BCUT2D eigenvalue weighted by Crippen LogP contribution is 2.16. The highest BCUT2D eigenvalue weighted by molar-refractivity contribution is 14.0. The Morgan fingerprint density at radius 1 is 1.33 bits per heavy atom. The van der Waals surface area contributed by atoms with Gasteiger partial charge in [-0.1, -0.05) is 34.1 Å². The van der Waals surface area contributed by atoms with E-state index in [-0.39, 0.29) is 24.0 Å². The van der Waals surface area contributed by atoms with Crippen LogP contribution in [0.2, 0.25) is 0 Å². The third kappa shape index (κ3) is 4.40. The van der Waals surface area contributed by atoms with Gasteiger partial charge >= 0.3 is 0 Å². The Morgan fingerprint density at radius 3 is 2.67 bits per heavy atom. The van der Waals surface area contributed by atoms with Gasteiger partial charge in [0.05, 0.1) is 19.8 Å². The number of rotatable bonds is 2. The zero-order valence-corrected chi connectivity index (χ0v) is 13.9. The second-order valence-corrected chi connectivity index (χ2v) is 4.72. The summed E-state index contributed by atoms with van der Waals surface area (Å²) in [7, 11) is 0. The van der Waals surface area contributed by atoms with Crippen LogP contribution in [-0.2, 0) is 11.3 Å². The van der Waals surface area contributed by atoms with Crippen LogP contribution in [0, 0.1) is 0 Å². The van der Waals surface area contributed by atoms with Gasteiger partial charge in [0.25, 0.3) is 0 Å². The van der Waals surface area contributed by atoms with Crippen LogP contribution in [0.3, 0.4) is 0 Å². The van der Waals surface area contributed by atoms with Gasteiger partial charge in [-0.25, -0.2) is 4.99 Å². The number of hydrogen-bond donors (Lipinski definition) is 1. The molecule has 1 aromatic carbocycles. The molecule has 1 heterocycles. The third-order valence-corrected chi connectivity index (χ3v) is 3.48. The predicted molar refractivity (Wildman–Crippen MR) is 87.3 cm³/mol. The summed E-state index contributed by atoms with van der Waals surface area (Å²) >= 11 is 3.50. The van der Waals surface area contributed by atoms with Gasteiger partial charge < -0.3 is 15.4 Å². The summed E-state index contributed by atoms with van der Waals surface area (Å²) in [6, 6.07) is 8.04. The van der Waals surface area contributed by atoms with E-state index in [1.807, 2.05) is 24.3 Å². The molecule has 0 bridgehead atoms. The standard InChI is InChI=1S/C12H16BrN3O.HI/c13-11-4-2-1-3-10(11)9-15-12(14)16-5-7-17-8-6-16;/h1-4H,5-9H2,(H2,14,15);1H. The summed E-state index contributed by atoms with van der Waals surface area (Å²) in [4.78, 5) is 6.47. The minimum atomic E-state index is 0. The Hall–Kier alpha value is -0.340. The normalized spacial score (nSPS) is 16.3. The van der Waals surface area contributed by atoms with Crippen molar-refractivity contribution in [3.8, 4) is 0 Å². The molecular formula is C12H17BrIN3O. The fraction of sp³-hybridized carbons (Fsp3) is 0.417. The van der Waals surface area contributed by atoms with Crippen LogP contribution < -0.4 is 5.73 Å². The summed E-state index contributed by atoms with van der Waals surface area (Å²) in [6.07, 6.45) is 0. The molecule has 0 unspecified atom stereocenters. The van der Waals surface area contributed by atoms with Crippen LogP contribution in [-0.4, -0.2) is 37.2 Å². The van der Waals surface area contributed by atoms with Crippen LogP contribution in [0.5, 0.6) is 0 Å². The second-order valence-electron chi connectivity index (χ2n) is 3.87. The predicted octanol–water partition coefficient (Wildman–Crippen LogP) is 2.21. The van der Waals surface area contributed by atoms with E-state index in [4.69, 9.17) is 10.5 Å². The first kappa shape index (κ1) is 15.7. The van der Waals surface area contributed by atoms with Crippen LogP contribution in [0.4, 0.5) is 0 Å². The molecule has 2 rings (SSSR count). The molecule has 0 saturated carbocycles. The molecule has 0 amide bonds. The van der Waals surface area contributed by atoms with Gasteiger partial charge in [0, 0.05) is 17.6 Å². The average molecular weight is 426 g/mol. The lowest BCUT2D eigenvalue weighted by Crippen LogP contribution is -2.44. The molecule has 0 aliphatic carbocycles. The fourth-order valence-electron chi connectivity index (χ4n) is 1.69. The molecule has 0 radical (unpaired) electrons. The molecule has 0 aromatic heterocycles. The molecule has 18 heavy (non-hydrogen) atoms. The number of hydrogen-bond acceptors (Lipinski definition) is 2. The quantitative estimate of drug-likeness (QED) is 0.449. The van der Waals surface area contributed by atoms with Gasteiger partial charge in [-0.3, -0.25) is 0 Å². The van der Waals surface area contributed by atoms with Crippen LogP contribution in [0.1, 0.15) is 5.56 Å². The Balaban J connectivity index is 0.00000162. The molecule has 4 nitrogen and oxygen atoms in total. The van der Waals surface area contributed by atoms with E-state index in [1.54, 1.807) is 0 Å². The van der Waals surface area contributed by atoms with Gasteiger partial charge in [0.15, 0.2) is 5.96 Å². The monoisotopic (exact) mass is 425 g/mol. The largest absolute Gasteiger partial charge is 0.378 e. The summed E-state index contributed by atoms with van der Waals surface area (Å²) in [5.41, 5.74) is 7.09. The van der Waals surface area contributed by atoms with Crippen molar-refractivity contribution in [1.29, 1.82) is 0 Å². The zero-order valence-electron chi connectivity index (χ0n) is 10.0. The molecule has 1 aliphatic heterocycles. The Kier molecular flexibility index (Phi) is 6.95. The van der Waals surface area contributed by atoms with Crippen molar-refractivity contribution in [2.45, 2.75) is 6.54 Å². The third-order valence-electron chi connectivity index (χ3n) is 2.70. The van der Waals surface area contributed by atoms with Crippen molar-refractivity contribution >= 4 is 45.9 Å². The van der Waals surface area contributed by atoms with Gasteiger partial charge in [0.1, 0.15) is 0 Å². The maximum atomic E-state index is 5.95. The lowest BCUT2D eigenvalue weighted by atomic mass is 10.2. The highest BCUT2D eigenvalue weighted by Gasteiger charge is 2.11. The minimum absolute atomic E-state index is 0. The lowest BCUT2D eigenvalue weighted by Gasteiger charge is -2.27. The topological polar surface area (TPSA) is 50.8 Å². The molecule has 1 saturated heterocycles. The summed E-state index contributed by atoms with van der Waals surface area (Å²) in [6.45, 7) is 3.71. The van der Waals surface area contributed by atoms with Crippen molar-refractivity contribution in [3.63, 3.8) is 0 Å². The molecule has 2 N–H and O–H groups in total.